The van der Waals surface area contributed by atoms with Gasteiger partial charge in [0.2, 0.25) is 0 Å². The Balaban J connectivity index is 1.63. The summed E-state index contributed by atoms with van der Waals surface area (Å²) >= 11 is 0. The van der Waals surface area contributed by atoms with Crippen LogP contribution in [0.1, 0.15) is 52.1 Å². The molecule has 0 bridgehead atoms. The van der Waals surface area contributed by atoms with Crippen LogP contribution in [0.3, 0.4) is 0 Å². The second-order valence-electron chi connectivity index (χ2n) is 7.34. The van der Waals surface area contributed by atoms with Crippen LogP contribution in [0, 0.1) is 11.8 Å². The fourth-order valence-electron chi connectivity index (χ4n) is 3.64. The maximum Gasteiger partial charge on any atom is 0.120 e. The Morgan fingerprint density at radius 3 is 2.62 bits per heavy atom. The van der Waals surface area contributed by atoms with Crippen molar-refractivity contribution < 1.29 is 4.74 Å². The van der Waals surface area contributed by atoms with Crippen LogP contribution < -0.4 is 10.1 Å². The van der Waals surface area contributed by atoms with Crippen LogP contribution in [0.4, 0.5) is 0 Å². The van der Waals surface area contributed by atoms with Crippen molar-refractivity contribution in [3.05, 3.63) is 36.0 Å². The number of nitrogens with zero attached hydrogens (tertiary/aromatic N) is 1. The van der Waals surface area contributed by atoms with Crippen molar-refractivity contribution in [2.24, 2.45) is 11.8 Å². The van der Waals surface area contributed by atoms with Gasteiger partial charge in [0.15, 0.2) is 0 Å². The number of hydrogen-bond acceptors (Lipinski definition) is 3. The van der Waals surface area contributed by atoms with Crippen molar-refractivity contribution in [1.82, 2.24) is 10.3 Å². The molecule has 0 unspecified atom stereocenters. The molecule has 1 saturated carbocycles. The summed E-state index contributed by atoms with van der Waals surface area (Å²) in [5, 5.41) is 4.48. The quantitative estimate of drug-likeness (QED) is 0.816. The molecule has 0 aliphatic heterocycles. The van der Waals surface area contributed by atoms with E-state index in [4.69, 9.17) is 9.72 Å². The van der Waals surface area contributed by atoms with Gasteiger partial charge in [0.05, 0.1) is 17.3 Å². The van der Waals surface area contributed by atoms with E-state index in [1.54, 1.807) is 0 Å². The number of hydrogen-bond donors (Lipinski definition) is 1. The molecule has 1 N–H and O–H groups in total. The van der Waals surface area contributed by atoms with Gasteiger partial charge < -0.3 is 10.1 Å². The van der Waals surface area contributed by atoms with Crippen LogP contribution in [-0.2, 0) is 6.54 Å². The first-order valence-corrected chi connectivity index (χ1v) is 9.42. The molecule has 0 amide bonds. The van der Waals surface area contributed by atoms with Gasteiger partial charge in [-0.3, -0.25) is 4.98 Å². The van der Waals surface area contributed by atoms with Crippen molar-refractivity contribution in [1.29, 1.82) is 0 Å². The lowest BCUT2D eigenvalue weighted by molar-refractivity contribution is 0.117. The summed E-state index contributed by atoms with van der Waals surface area (Å²) in [6, 6.07) is 10.5. The summed E-state index contributed by atoms with van der Waals surface area (Å²) in [6.07, 6.45) is 5.33. The van der Waals surface area contributed by atoms with Crippen LogP contribution in [0.25, 0.3) is 10.9 Å². The molecule has 0 saturated heterocycles. The number of pyridine rings is 1. The highest BCUT2D eigenvalue weighted by Gasteiger charge is 2.24. The smallest absolute Gasteiger partial charge is 0.120 e. The van der Waals surface area contributed by atoms with Gasteiger partial charge in [-0.15, -0.1) is 0 Å². The van der Waals surface area contributed by atoms with Crippen LogP contribution in [-0.4, -0.2) is 17.6 Å². The van der Waals surface area contributed by atoms with Crippen molar-refractivity contribution in [2.45, 2.75) is 59.1 Å². The minimum atomic E-state index is 0.374. The molecular weight excluding hydrogens is 296 g/mol. The van der Waals surface area contributed by atoms with E-state index < -0.39 is 0 Å². The lowest BCUT2D eigenvalue weighted by Gasteiger charge is -2.31. The van der Waals surface area contributed by atoms with Gasteiger partial charge in [-0.2, -0.15) is 0 Å². The second kappa shape index (κ2) is 7.98. The Labute approximate surface area is 145 Å². The zero-order valence-electron chi connectivity index (χ0n) is 15.2. The predicted octanol–water partition coefficient (Wildman–Crippen LogP) is 4.94. The van der Waals surface area contributed by atoms with Crippen LogP contribution >= 0.6 is 0 Å². The van der Waals surface area contributed by atoms with Gasteiger partial charge in [-0.1, -0.05) is 26.8 Å². The van der Waals surface area contributed by atoms with E-state index in [9.17, 15) is 0 Å². The second-order valence-corrected chi connectivity index (χ2v) is 7.34. The predicted molar refractivity (Wildman–Crippen MR) is 100 cm³/mol. The third-order valence-corrected chi connectivity index (χ3v) is 5.24. The minimum absolute atomic E-state index is 0.374. The summed E-state index contributed by atoms with van der Waals surface area (Å²) in [5.41, 5.74) is 2.13. The van der Waals surface area contributed by atoms with E-state index in [1.807, 2.05) is 0 Å². The van der Waals surface area contributed by atoms with Gasteiger partial charge >= 0.3 is 0 Å². The van der Waals surface area contributed by atoms with E-state index in [2.05, 4.69) is 56.4 Å². The Morgan fingerprint density at radius 1 is 1.12 bits per heavy atom. The SMILES string of the molecule is CCNCc1ccc2cc(OC3CCC(C(C)C)CC3)ccc2n1. The summed E-state index contributed by atoms with van der Waals surface area (Å²) in [7, 11) is 0. The maximum atomic E-state index is 6.25. The molecule has 1 aromatic carbocycles. The fraction of sp³-hybridized carbons (Fsp3) is 0.571. The molecule has 1 heterocycles. The molecule has 3 nitrogen and oxygen atoms in total. The molecule has 24 heavy (non-hydrogen) atoms. The molecule has 3 rings (SSSR count). The number of ether oxygens (including phenoxy) is 1. The summed E-state index contributed by atoms with van der Waals surface area (Å²) in [5.74, 6) is 2.66. The normalized spacial score (nSPS) is 21.3. The average Bonchev–Trinajstić information content (AvgIpc) is 2.60. The standard InChI is InChI=1S/C21H30N2O/c1-4-22-14-18-8-5-17-13-20(11-12-21(17)23-18)24-19-9-6-16(7-10-19)15(2)3/h5,8,11-13,15-16,19,22H,4,6-7,9-10,14H2,1-3H3. The maximum absolute atomic E-state index is 6.25. The first-order chi connectivity index (χ1) is 11.7. The van der Waals surface area contributed by atoms with Crippen LogP contribution in [0.15, 0.2) is 30.3 Å². The Morgan fingerprint density at radius 2 is 1.92 bits per heavy atom. The number of aromatic nitrogens is 1. The molecule has 0 spiro atoms. The van der Waals surface area contributed by atoms with Gasteiger partial charge in [-0.05, 0) is 68.3 Å². The zero-order chi connectivity index (χ0) is 16.9. The van der Waals surface area contributed by atoms with Crippen LogP contribution in [0.2, 0.25) is 0 Å². The van der Waals surface area contributed by atoms with Crippen molar-refractivity contribution in [2.75, 3.05) is 6.54 Å². The highest BCUT2D eigenvalue weighted by Crippen LogP contribution is 2.32. The number of rotatable bonds is 6. The van der Waals surface area contributed by atoms with Gasteiger partial charge in [-0.25, -0.2) is 0 Å². The first kappa shape index (κ1) is 17.2. The molecule has 1 aliphatic rings. The third kappa shape index (κ3) is 4.27. The minimum Gasteiger partial charge on any atom is -0.490 e. The topological polar surface area (TPSA) is 34.1 Å². The molecule has 1 aliphatic carbocycles. The first-order valence-electron chi connectivity index (χ1n) is 9.42. The molecule has 0 radical (unpaired) electrons. The molecular formula is C21H30N2O. The fourth-order valence-corrected chi connectivity index (χ4v) is 3.64. The molecule has 1 aromatic heterocycles. The van der Waals surface area contributed by atoms with E-state index in [0.717, 1.165) is 47.3 Å². The van der Waals surface area contributed by atoms with Gasteiger partial charge in [0.1, 0.15) is 5.75 Å². The molecule has 0 atom stereocenters. The number of fused-ring (bicyclic) bond motifs is 1. The van der Waals surface area contributed by atoms with Gasteiger partial charge in [0, 0.05) is 11.9 Å². The monoisotopic (exact) mass is 326 g/mol. The lowest BCUT2D eigenvalue weighted by Crippen LogP contribution is -2.26. The van der Waals surface area contributed by atoms with Crippen LogP contribution in [0.5, 0.6) is 5.75 Å². The largest absolute Gasteiger partial charge is 0.490 e. The highest BCUT2D eigenvalue weighted by molar-refractivity contribution is 5.80. The van der Waals surface area contributed by atoms with Gasteiger partial charge in [0.25, 0.3) is 0 Å². The Bertz CT molecular complexity index is 660. The molecule has 3 heteroatoms. The van der Waals surface area contributed by atoms with Crippen molar-refractivity contribution in [3.63, 3.8) is 0 Å². The average molecular weight is 326 g/mol. The number of nitrogens with one attached hydrogen (secondary N) is 1. The zero-order valence-corrected chi connectivity index (χ0v) is 15.2. The van der Waals surface area contributed by atoms with E-state index >= 15 is 0 Å². The van der Waals surface area contributed by atoms with Crippen molar-refractivity contribution >= 4 is 10.9 Å². The van der Waals surface area contributed by atoms with E-state index in [0.29, 0.717) is 6.10 Å². The van der Waals surface area contributed by atoms with Crippen molar-refractivity contribution in [3.8, 4) is 5.75 Å². The Kier molecular flexibility index (Phi) is 5.72. The third-order valence-electron chi connectivity index (χ3n) is 5.24. The molecule has 1 fully saturated rings. The Hall–Kier alpha value is -1.61. The molecule has 2 aromatic rings. The highest BCUT2D eigenvalue weighted by atomic mass is 16.5. The molecule has 130 valence electrons. The van der Waals surface area contributed by atoms with E-state index in [-0.39, 0.29) is 0 Å². The summed E-state index contributed by atoms with van der Waals surface area (Å²) < 4.78 is 6.25. The summed E-state index contributed by atoms with van der Waals surface area (Å²) in [6.45, 7) is 8.58. The number of benzene rings is 1. The summed E-state index contributed by atoms with van der Waals surface area (Å²) in [4.78, 5) is 4.71. The van der Waals surface area contributed by atoms with E-state index in [1.165, 1.54) is 25.7 Å². The lowest BCUT2D eigenvalue weighted by atomic mass is 9.80.